The highest BCUT2D eigenvalue weighted by atomic mass is 35.5. The van der Waals surface area contributed by atoms with Gasteiger partial charge in [0.05, 0.1) is 35.2 Å². The topological polar surface area (TPSA) is 59.0 Å². The first-order valence-corrected chi connectivity index (χ1v) is 10.9. The van der Waals surface area contributed by atoms with Gasteiger partial charge in [-0.25, -0.2) is 0 Å². The number of carbonyl (C=O) groups is 1. The van der Waals surface area contributed by atoms with Gasteiger partial charge in [-0.15, -0.1) is 0 Å². The van der Waals surface area contributed by atoms with E-state index >= 15 is 0 Å². The number of amides is 1. The van der Waals surface area contributed by atoms with Crippen molar-refractivity contribution in [2.75, 3.05) is 19.8 Å². The number of hydrogen-bond donors (Lipinski definition) is 1. The summed E-state index contributed by atoms with van der Waals surface area (Å²) in [6.45, 7) is 4.77. The van der Waals surface area contributed by atoms with Crippen LogP contribution in [-0.2, 0) is 16.0 Å². The van der Waals surface area contributed by atoms with Gasteiger partial charge in [0.15, 0.2) is 0 Å². The molecule has 1 heterocycles. The van der Waals surface area contributed by atoms with Gasteiger partial charge in [-0.2, -0.15) is 0 Å². The zero-order valence-electron chi connectivity index (χ0n) is 17.2. The average Bonchev–Trinajstić information content (AvgIpc) is 2.70. The summed E-state index contributed by atoms with van der Waals surface area (Å²) >= 11 is 12.2. The van der Waals surface area contributed by atoms with E-state index < -0.39 is 0 Å². The summed E-state index contributed by atoms with van der Waals surface area (Å²) in [5, 5.41) is 10.5. The Labute approximate surface area is 187 Å². The number of aliphatic hydroxyl groups is 1. The van der Waals surface area contributed by atoms with Gasteiger partial charge in [-0.1, -0.05) is 41.4 Å². The van der Waals surface area contributed by atoms with Crippen molar-refractivity contribution in [2.24, 2.45) is 0 Å². The number of hydrogen-bond acceptors (Lipinski definition) is 4. The minimum Gasteiger partial charge on any atom is -0.491 e. The van der Waals surface area contributed by atoms with Crippen molar-refractivity contribution >= 4 is 29.1 Å². The maximum atomic E-state index is 13.2. The zero-order chi connectivity index (χ0) is 21.7. The van der Waals surface area contributed by atoms with Crippen LogP contribution in [0.15, 0.2) is 42.5 Å². The molecule has 0 spiro atoms. The number of morpholine rings is 1. The van der Waals surface area contributed by atoms with E-state index in [0.29, 0.717) is 29.6 Å². The van der Waals surface area contributed by atoms with Crippen LogP contribution in [0.2, 0.25) is 10.0 Å². The lowest BCUT2D eigenvalue weighted by Gasteiger charge is -2.41. The molecule has 30 heavy (non-hydrogen) atoms. The number of ether oxygens (including phenoxy) is 2. The minimum atomic E-state index is -0.375. The molecule has 1 amide bonds. The SMILES string of the molecule is CC(C)Oc1cccc(CC(=O)N2CCO[C@H](c3ccc(Cl)c(Cl)c3)C2CCO)c1. The second-order valence-corrected chi connectivity index (χ2v) is 8.44. The Morgan fingerprint density at radius 1 is 1.23 bits per heavy atom. The maximum Gasteiger partial charge on any atom is 0.227 e. The van der Waals surface area contributed by atoms with E-state index in [1.807, 2.05) is 49.1 Å². The fraction of sp³-hybridized carbons (Fsp3) is 0.435. The molecule has 0 aromatic heterocycles. The molecule has 7 heteroatoms. The van der Waals surface area contributed by atoms with E-state index in [4.69, 9.17) is 32.7 Å². The molecule has 0 radical (unpaired) electrons. The van der Waals surface area contributed by atoms with Gasteiger partial charge in [0.25, 0.3) is 0 Å². The fourth-order valence-corrected chi connectivity index (χ4v) is 4.06. The van der Waals surface area contributed by atoms with Gasteiger partial charge < -0.3 is 19.5 Å². The molecule has 3 rings (SSSR count). The van der Waals surface area contributed by atoms with Crippen LogP contribution in [0.1, 0.15) is 37.5 Å². The van der Waals surface area contributed by atoms with Crippen molar-refractivity contribution in [3.8, 4) is 5.75 Å². The quantitative estimate of drug-likeness (QED) is 0.663. The second-order valence-electron chi connectivity index (χ2n) is 7.62. The van der Waals surface area contributed by atoms with Crippen LogP contribution < -0.4 is 4.74 Å². The van der Waals surface area contributed by atoms with Gasteiger partial charge in [-0.3, -0.25) is 4.79 Å². The molecule has 1 fully saturated rings. The molecule has 2 aromatic rings. The smallest absolute Gasteiger partial charge is 0.227 e. The van der Waals surface area contributed by atoms with Gasteiger partial charge in [0.2, 0.25) is 5.91 Å². The van der Waals surface area contributed by atoms with Crippen molar-refractivity contribution in [2.45, 2.75) is 44.9 Å². The number of aliphatic hydroxyl groups excluding tert-OH is 1. The van der Waals surface area contributed by atoms with Gasteiger partial charge in [0, 0.05) is 13.2 Å². The second kappa shape index (κ2) is 10.5. The van der Waals surface area contributed by atoms with Crippen molar-refractivity contribution in [1.29, 1.82) is 0 Å². The minimum absolute atomic E-state index is 0.0106. The number of nitrogens with zero attached hydrogens (tertiary/aromatic N) is 1. The molecule has 1 aliphatic heterocycles. The first-order valence-electron chi connectivity index (χ1n) is 10.1. The summed E-state index contributed by atoms with van der Waals surface area (Å²) in [4.78, 5) is 15.0. The molecule has 2 atom stereocenters. The van der Waals surface area contributed by atoms with E-state index in [1.165, 1.54) is 0 Å². The number of carbonyl (C=O) groups excluding carboxylic acids is 1. The third-order valence-electron chi connectivity index (χ3n) is 5.02. The Morgan fingerprint density at radius 3 is 2.73 bits per heavy atom. The highest BCUT2D eigenvalue weighted by Crippen LogP contribution is 2.34. The summed E-state index contributed by atoms with van der Waals surface area (Å²) in [7, 11) is 0. The molecule has 1 saturated heterocycles. The molecule has 2 aromatic carbocycles. The van der Waals surface area contributed by atoms with E-state index in [1.54, 1.807) is 12.1 Å². The van der Waals surface area contributed by atoms with Crippen LogP contribution in [-0.4, -0.2) is 47.8 Å². The lowest BCUT2D eigenvalue weighted by atomic mass is 9.96. The van der Waals surface area contributed by atoms with Crippen LogP contribution in [0.25, 0.3) is 0 Å². The third-order valence-corrected chi connectivity index (χ3v) is 5.76. The van der Waals surface area contributed by atoms with Crippen molar-refractivity contribution < 1.29 is 19.4 Å². The molecule has 0 saturated carbocycles. The number of halogens is 2. The van der Waals surface area contributed by atoms with Gasteiger partial charge in [0.1, 0.15) is 11.9 Å². The van der Waals surface area contributed by atoms with Crippen molar-refractivity contribution in [3.63, 3.8) is 0 Å². The third kappa shape index (κ3) is 5.67. The summed E-state index contributed by atoms with van der Waals surface area (Å²) in [6, 6.07) is 12.6. The largest absolute Gasteiger partial charge is 0.491 e. The van der Waals surface area contributed by atoms with Crippen molar-refractivity contribution in [1.82, 2.24) is 4.90 Å². The predicted octanol–water partition coefficient (Wildman–Crippen LogP) is 4.67. The molecule has 162 valence electrons. The van der Waals surface area contributed by atoms with Gasteiger partial charge >= 0.3 is 0 Å². The van der Waals surface area contributed by atoms with Crippen LogP contribution in [0.3, 0.4) is 0 Å². The normalized spacial score (nSPS) is 19.2. The lowest BCUT2D eigenvalue weighted by molar-refractivity contribution is -0.147. The van der Waals surface area contributed by atoms with E-state index in [-0.39, 0.29) is 37.2 Å². The first-order chi connectivity index (χ1) is 14.4. The highest BCUT2D eigenvalue weighted by molar-refractivity contribution is 6.42. The van der Waals surface area contributed by atoms with Crippen LogP contribution in [0.4, 0.5) is 0 Å². The fourth-order valence-electron chi connectivity index (χ4n) is 3.75. The van der Waals surface area contributed by atoms with E-state index in [0.717, 1.165) is 16.9 Å². The summed E-state index contributed by atoms with van der Waals surface area (Å²) in [5.74, 6) is 0.737. The molecular weight excluding hydrogens is 425 g/mol. The highest BCUT2D eigenvalue weighted by Gasteiger charge is 2.35. The van der Waals surface area contributed by atoms with E-state index in [2.05, 4.69) is 0 Å². The molecule has 1 unspecified atom stereocenters. The summed E-state index contributed by atoms with van der Waals surface area (Å²) < 4.78 is 11.7. The average molecular weight is 452 g/mol. The predicted molar refractivity (Wildman–Crippen MR) is 118 cm³/mol. The molecule has 1 aliphatic rings. The molecule has 0 aliphatic carbocycles. The van der Waals surface area contributed by atoms with Gasteiger partial charge in [-0.05, 0) is 55.7 Å². The molecule has 1 N–H and O–H groups in total. The van der Waals surface area contributed by atoms with E-state index in [9.17, 15) is 9.90 Å². The Balaban J connectivity index is 1.79. The Bertz CT molecular complexity index is 874. The lowest BCUT2D eigenvalue weighted by Crippen LogP contribution is -2.51. The summed E-state index contributed by atoms with van der Waals surface area (Å²) in [5.41, 5.74) is 1.73. The number of benzene rings is 2. The molecule has 0 bridgehead atoms. The van der Waals surface area contributed by atoms with Crippen molar-refractivity contribution in [3.05, 3.63) is 63.6 Å². The standard InChI is InChI=1S/C23H27Cl2NO4/c1-15(2)30-18-5-3-4-16(12-18)13-22(28)26-9-11-29-23(21(26)8-10-27)17-6-7-19(24)20(25)14-17/h3-7,12,14-15,21,23,27H,8-11,13H2,1-2H3/t21?,23-/m1/s1. The summed E-state index contributed by atoms with van der Waals surface area (Å²) in [6.07, 6.45) is 0.356. The maximum absolute atomic E-state index is 13.2. The first kappa shape index (κ1) is 22.9. The monoisotopic (exact) mass is 451 g/mol. The molecule has 5 nitrogen and oxygen atoms in total. The Hall–Kier alpha value is -1.79. The van der Waals surface area contributed by atoms with Crippen LogP contribution >= 0.6 is 23.2 Å². The van der Waals surface area contributed by atoms with Crippen LogP contribution in [0, 0.1) is 0 Å². The zero-order valence-corrected chi connectivity index (χ0v) is 18.7. The van der Waals surface area contributed by atoms with Crippen LogP contribution in [0.5, 0.6) is 5.75 Å². The number of rotatable bonds is 7. The molecular formula is C23H27Cl2NO4. The Morgan fingerprint density at radius 2 is 2.03 bits per heavy atom. The Kier molecular flexibility index (Phi) is 8.00.